The molecule has 0 aromatic rings. The van der Waals surface area contributed by atoms with Crippen molar-refractivity contribution >= 4 is 11.9 Å². The van der Waals surface area contributed by atoms with Crippen molar-refractivity contribution in [3.63, 3.8) is 0 Å². The highest BCUT2D eigenvalue weighted by molar-refractivity contribution is 6.04. The Balaban J connectivity index is 1.79. The summed E-state index contributed by atoms with van der Waals surface area (Å²) < 4.78 is 5.29. The number of rotatable bonds is 5. The van der Waals surface area contributed by atoms with Crippen molar-refractivity contribution in [3.05, 3.63) is 0 Å². The number of nitrogens with zero attached hydrogens (tertiary/aromatic N) is 1. The summed E-state index contributed by atoms with van der Waals surface area (Å²) in [6, 6.07) is 0. The Morgan fingerprint density at radius 3 is 2.44 bits per heavy atom. The van der Waals surface area contributed by atoms with E-state index in [9.17, 15) is 9.59 Å². The largest absolute Gasteiger partial charge is 0.480 e. The Hall–Kier alpha value is -1.10. The highest BCUT2D eigenvalue weighted by Crippen LogP contribution is 2.47. The Labute approximate surface area is 107 Å². The van der Waals surface area contributed by atoms with Crippen molar-refractivity contribution in [2.45, 2.75) is 32.1 Å². The molecule has 2 rings (SSSR count). The van der Waals surface area contributed by atoms with Gasteiger partial charge in [0.05, 0.1) is 0 Å². The number of amides is 1. The third-order valence-corrected chi connectivity index (χ3v) is 4.13. The lowest BCUT2D eigenvalue weighted by molar-refractivity contribution is -0.152. The smallest absolute Gasteiger partial charge is 0.319 e. The molecule has 1 heterocycles. The van der Waals surface area contributed by atoms with Crippen LogP contribution in [0.4, 0.5) is 0 Å². The maximum atomic E-state index is 12.1. The minimum absolute atomic E-state index is 0.220. The molecule has 0 aromatic heterocycles. The highest BCUT2D eigenvalue weighted by Gasteiger charge is 2.58. The summed E-state index contributed by atoms with van der Waals surface area (Å²) in [5, 5.41) is 9.08. The summed E-state index contributed by atoms with van der Waals surface area (Å²) in [6.07, 6.45) is 4.02. The number of ether oxygens (including phenoxy) is 1. The van der Waals surface area contributed by atoms with Gasteiger partial charge < -0.3 is 14.7 Å². The molecule has 0 unspecified atom stereocenters. The molecule has 1 aliphatic heterocycles. The van der Waals surface area contributed by atoms with E-state index in [0.29, 0.717) is 25.3 Å². The lowest BCUT2D eigenvalue weighted by atomic mass is 9.96. The first kappa shape index (κ1) is 13.3. The second kappa shape index (κ2) is 5.26. The van der Waals surface area contributed by atoms with E-state index in [1.165, 1.54) is 0 Å². The average molecular weight is 255 g/mol. The molecule has 0 bridgehead atoms. The number of hydrogen-bond acceptors (Lipinski definition) is 3. The summed E-state index contributed by atoms with van der Waals surface area (Å²) in [7, 11) is 1.71. The fourth-order valence-electron chi connectivity index (χ4n) is 2.52. The minimum atomic E-state index is -1.09. The van der Waals surface area contributed by atoms with Gasteiger partial charge in [-0.25, -0.2) is 0 Å². The predicted molar refractivity (Wildman–Crippen MR) is 65.1 cm³/mol. The number of carboxylic acids is 1. The molecule has 0 radical (unpaired) electrons. The van der Waals surface area contributed by atoms with Crippen molar-refractivity contribution in [2.75, 3.05) is 26.8 Å². The van der Waals surface area contributed by atoms with E-state index in [1.807, 2.05) is 0 Å². The molecule has 1 amide bonds. The van der Waals surface area contributed by atoms with Crippen molar-refractivity contribution in [3.8, 4) is 0 Å². The monoisotopic (exact) mass is 255 g/mol. The highest BCUT2D eigenvalue weighted by atomic mass is 16.5. The number of hydrogen-bond donors (Lipinski definition) is 1. The second-order valence-corrected chi connectivity index (χ2v) is 5.46. The third-order valence-electron chi connectivity index (χ3n) is 4.13. The van der Waals surface area contributed by atoms with Crippen LogP contribution in [0.5, 0.6) is 0 Å². The van der Waals surface area contributed by atoms with Gasteiger partial charge in [-0.1, -0.05) is 0 Å². The summed E-state index contributed by atoms with van der Waals surface area (Å²) in [4.78, 5) is 24.7. The fraction of sp³-hybridized carbons (Fsp3) is 0.846. The summed E-state index contributed by atoms with van der Waals surface area (Å²) in [5.74, 6) is -0.582. The van der Waals surface area contributed by atoms with Gasteiger partial charge in [-0.2, -0.15) is 0 Å². The molecule has 5 nitrogen and oxygen atoms in total. The van der Waals surface area contributed by atoms with Crippen LogP contribution < -0.4 is 0 Å². The number of carboxylic acid groups (broad SMARTS) is 1. The minimum Gasteiger partial charge on any atom is -0.480 e. The van der Waals surface area contributed by atoms with Gasteiger partial charge in [0.15, 0.2) is 0 Å². The number of carbonyl (C=O) groups is 2. The van der Waals surface area contributed by atoms with Crippen LogP contribution in [0, 0.1) is 11.3 Å². The zero-order chi connectivity index (χ0) is 13.2. The van der Waals surface area contributed by atoms with Gasteiger partial charge in [0.1, 0.15) is 5.41 Å². The topological polar surface area (TPSA) is 66.8 Å². The quantitative estimate of drug-likeness (QED) is 0.748. The van der Waals surface area contributed by atoms with E-state index >= 15 is 0 Å². The van der Waals surface area contributed by atoms with Gasteiger partial charge in [0, 0.05) is 26.8 Å². The van der Waals surface area contributed by atoms with Crippen molar-refractivity contribution in [2.24, 2.45) is 11.3 Å². The first-order valence-electron chi connectivity index (χ1n) is 6.63. The molecular formula is C13H21NO4. The van der Waals surface area contributed by atoms with Crippen LogP contribution in [0.1, 0.15) is 32.1 Å². The molecule has 1 saturated heterocycles. The molecule has 0 atom stereocenters. The Morgan fingerprint density at radius 2 is 1.94 bits per heavy atom. The van der Waals surface area contributed by atoms with Gasteiger partial charge in [-0.05, 0) is 38.0 Å². The van der Waals surface area contributed by atoms with E-state index < -0.39 is 11.4 Å². The Kier molecular flexibility index (Phi) is 3.90. The molecule has 1 aliphatic carbocycles. The molecule has 0 aromatic carbocycles. The van der Waals surface area contributed by atoms with Gasteiger partial charge in [-0.15, -0.1) is 0 Å². The molecule has 2 aliphatic rings. The molecule has 2 fully saturated rings. The molecule has 102 valence electrons. The van der Waals surface area contributed by atoms with Gasteiger partial charge in [-0.3, -0.25) is 9.59 Å². The molecular weight excluding hydrogens is 234 g/mol. The lowest BCUT2D eigenvalue weighted by Gasteiger charge is -2.26. The predicted octanol–water partition coefficient (Wildman–Crippen LogP) is 1.13. The van der Waals surface area contributed by atoms with Gasteiger partial charge in [0.25, 0.3) is 0 Å². The van der Waals surface area contributed by atoms with E-state index in [-0.39, 0.29) is 5.91 Å². The summed E-state index contributed by atoms with van der Waals surface area (Å²) >= 11 is 0. The number of aliphatic carboxylic acids is 1. The van der Waals surface area contributed by atoms with Crippen LogP contribution in [-0.4, -0.2) is 48.7 Å². The second-order valence-electron chi connectivity index (χ2n) is 5.46. The number of carbonyl (C=O) groups excluding carboxylic acids is 1. The third kappa shape index (κ3) is 2.66. The fourth-order valence-corrected chi connectivity index (χ4v) is 2.52. The van der Waals surface area contributed by atoms with Gasteiger partial charge >= 0.3 is 5.97 Å². The molecule has 5 heteroatoms. The van der Waals surface area contributed by atoms with E-state index in [4.69, 9.17) is 9.84 Å². The zero-order valence-electron chi connectivity index (χ0n) is 10.9. The normalized spacial score (nSPS) is 22.5. The summed E-state index contributed by atoms with van der Waals surface area (Å²) in [5.41, 5.74) is -1.09. The van der Waals surface area contributed by atoms with E-state index in [0.717, 1.165) is 32.5 Å². The maximum absolute atomic E-state index is 12.1. The Bertz CT molecular complexity index is 332. The van der Waals surface area contributed by atoms with Crippen LogP contribution in [0.15, 0.2) is 0 Å². The lowest BCUT2D eigenvalue weighted by Crippen LogP contribution is -2.39. The van der Waals surface area contributed by atoms with Crippen molar-refractivity contribution in [1.29, 1.82) is 0 Å². The average Bonchev–Trinajstić information content (AvgIpc) is 3.17. The molecule has 18 heavy (non-hydrogen) atoms. The van der Waals surface area contributed by atoms with Crippen molar-refractivity contribution < 1.29 is 19.4 Å². The standard InChI is InChI=1S/C13H21NO4/c1-14(7-2-10-3-8-18-9-4-10)11(15)13(5-6-13)12(16)17/h10H,2-9H2,1H3,(H,16,17). The van der Waals surface area contributed by atoms with E-state index in [1.54, 1.807) is 11.9 Å². The van der Waals surface area contributed by atoms with Crippen LogP contribution in [0.25, 0.3) is 0 Å². The van der Waals surface area contributed by atoms with Crippen LogP contribution in [-0.2, 0) is 14.3 Å². The van der Waals surface area contributed by atoms with Gasteiger partial charge in [0.2, 0.25) is 5.91 Å². The first-order valence-corrected chi connectivity index (χ1v) is 6.63. The van der Waals surface area contributed by atoms with Crippen LogP contribution in [0.2, 0.25) is 0 Å². The first-order chi connectivity index (χ1) is 8.56. The van der Waals surface area contributed by atoms with E-state index in [2.05, 4.69) is 0 Å². The zero-order valence-corrected chi connectivity index (χ0v) is 10.9. The summed E-state index contributed by atoms with van der Waals surface area (Å²) in [6.45, 7) is 2.27. The Morgan fingerprint density at radius 1 is 1.33 bits per heavy atom. The molecule has 0 spiro atoms. The SMILES string of the molecule is CN(CCC1CCOCC1)C(=O)C1(C(=O)O)CC1. The molecule has 1 N–H and O–H groups in total. The maximum Gasteiger partial charge on any atom is 0.319 e. The van der Waals surface area contributed by atoms with Crippen LogP contribution >= 0.6 is 0 Å². The molecule has 1 saturated carbocycles. The van der Waals surface area contributed by atoms with Crippen molar-refractivity contribution in [1.82, 2.24) is 4.90 Å². The van der Waals surface area contributed by atoms with Crippen LogP contribution in [0.3, 0.4) is 0 Å².